The number of ether oxygens (including phenoxy) is 2. The number of benzene rings is 3. The van der Waals surface area contributed by atoms with Crippen LogP contribution in [-0.2, 0) is 11.3 Å². The SMILES string of the molecule is COc1ccc(Cl)c(N2C[C@@H](c3nc4ccccc4n3CCOc3cccc(C)c3)CC2=O)c1. The number of aryl methyl sites for hydroxylation is 1. The van der Waals surface area contributed by atoms with Gasteiger partial charge in [0.2, 0.25) is 5.91 Å². The molecule has 3 aromatic carbocycles. The predicted octanol–water partition coefficient (Wildman–Crippen LogP) is 5.61. The van der Waals surface area contributed by atoms with Crippen LogP contribution in [0.1, 0.15) is 23.7 Å². The second kappa shape index (κ2) is 9.39. The molecule has 0 saturated carbocycles. The number of hydrogen-bond acceptors (Lipinski definition) is 4. The maximum absolute atomic E-state index is 13.0. The highest BCUT2D eigenvalue weighted by atomic mass is 35.5. The van der Waals surface area contributed by atoms with Gasteiger partial charge in [0, 0.05) is 24.9 Å². The van der Waals surface area contributed by atoms with Gasteiger partial charge in [-0.05, 0) is 48.9 Å². The second-order valence-electron chi connectivity index (χ2n) is 8.50. The van der Waals surface area contributed by atoms with Crippen LogP contribution in [0.25, 0.3) is 11.0 Å². The van der Waals surface area contributed by atoms with E-state index in [1.54, 1.807) is 30.2 Å². The summed E-state index contributed by atoms with van der Waals surface area (Å²) in [5.41, 5.74) is 3.78. The monoisotopic (exact) mass is 475 g/mol. The van der Waals surface area contributed by atoms with Crippen molar-refractivity contribution in [3.63, 3.8) is 0 Å². The van der Waals surface area contributed by atoms with Crippen LogP contribution >= 0.6 is 11.6 Å². The van der Waals surface area contributed by atoms with E-state index in [1.165, 1.54) is 0 Å². The summed E-state index contributed by atoms with van der Waals surface area (Å²) in [6.45, 7) is 3.69. The van der Waals surface area contributed by atoms with Crippen molar-refractivity contribution in [2.24, 2.45) is 0 Å². The number of para-hydroxylation sites is 2. The quantitative estimate of drug-likeness (QED) is 0.349. The van der Waals surface area contributed by atoms with E-state index in [4.69, 9.17) is 26.1 Å². The van der Waals surface area contributed by atoms with Crippen molar-refractivity contribution < 1.29 is 14.3 Å². The first-order valence-corrected chi connectivity index (χ1v) is 11.7. The molecule has 4 aromatic rings. The van der Waals surface area contributed by atoms with E-state index < -0.39 is 0 Å². The minimum atomic E-state index is -0.0545. The van der Waals surface area contributed by atoms with Gasteiger partial charge in [-0.3, -0.25) is 4.79 Å². The van der Waals surface area contributed by atoms with Crippen LogP contribution < -0.4 is 14.4 Å². The summed E-state index contributed by atoms with van der Waals surface area (Å²) in [4.78, 5) is 19.7. The zero-order chi connectivity index (χ0) is 23.7. The molecule has 174 valence electrons. The molecule has 34 heavy (non-hydrogen) atoms. The minimum Gasteiger partial charge on any atom is -0.497 e. The van der Waals surface area contributed by atoms with E-state index in [0.29, 0.717) is 42.6 Å². The lowest BCUT2D eigenvalue weighted by molar-refractivity contribution is -0.117. The third-order valence-corrected chi connectivity index (χ3v) is 6.51. The Morgan fingerprint density at radius 1 is 1.06 bits per heavy atom. The molecular weight excluding hydrogens is 450 g/mol. The third kappa shape index (κ3) is 4.33. The molecule has 1 fully saturated rings. The number of fused-ring (bicyclic) bond motifs is 1. The number of anilines is 1. The van der Waals surface area contributed by atoms with E-state index >= 15 is 0 Å². The van der Waals surface area contributed by atoms with Crippen molar-refractivity contribution in [1.29, 1.82) is 0 Å². The number of nitrogens with zero attached hydrogens (tertiary/aromatic N) is 3. The highest BCUT2D eigenvalue weighted by molar-refractivity contribution is 6.34. The summed E-state index contributed by atoms with van der Waals surface area (Å²) in [6, 6.07) is 21.4. The number of carbonyl (C=O) groups is 1. The molecule has 1 aliphatic rings. The van der Waals surface area contributed by atoms with Gasteiger partial charge in [-0.2, -0.15) is 0 Å². The fourth-order valence-electron chi connectivity index (χ4n) is 4.54. The molecular formula is C27H26ClN3O3. The molecule has 0 aliphatic carbocycles. The number of amides is 1. The lowest BCUT2D eigenvalue weighted by Crippen LogP contribution is -2.25. The molecule has 0 bridgehead atoms. The molecule has 0 N–H and O–H groups in total. The van der Waals surface area contributed by atoms with Gasteiger partial charge in [-0.1, -0.05) is 35.9 Å². The molecule has 5 rings (SSSR count). The number of halogens is 1. The van der Waals surface area contributed by atoms with Crippen molar-refractivity contribution in [3.05, 3.63) is 83.1 Å². The Balaban J connectivity index is 1.42. The highest BCUT2D eigenvalue weighted by Gasteiger charge is 2.35. The third-order valence-electron chi connectivity index (χ3n) is 6.19. The molecule has 0 unspecified atom stereocenters. The number of hydrogen-bond donors (Lipinski definition) is 0. The smallest absolute Gasteiger partial charge is 0.227 e. The van der Waals surface area contributed by atoms with Gasteiger partial charge < -0.3 is 18.9 Å². The van der Waals surface area contributed by atoms with Crippen LogP contribution in [0.3, 0.4) is 0 Å². The molecule has 6 nitrogen and oxygen atoms in total. The Hall–Kier alpha value is -3.51. The summed E-state index contributed by atoms with van der Waals surface area (Å²) in [5.74, 6) is 2.37. The summed E-state index contributed by atoms with van der Waals surface area (Å²) < 4.78 is 13.5. The highest BCUT2D eigenvalue weighted by Crippen LogP contribution is 2.37. The van der Waals surface area contributed by atoms with Gasteiger partial charge >= 0.3 is 0 Å². The lowest BCUT2D eigenvalue weighted by Gasteiger charge is -2.19. The Morgan fingerprint density at radius 2 is 1.91 bits per heavy atom. The van der Waals surface area contributed by atoms with Crippen LogP contribution in [0, 0.1) is 6.92 Å². The average molecular weight is 476 g/mol. The summed E-state index contributed by atoms with van der Waals surface area (Å²) >= 11 is 6.44. The number of aromatic nitrogens is 2. The maximum atomic E-state index is 13.0. The molecule has 7 heteroatoms. The standard InChI is InChI=1S/C27H26ClN3O3/c1-18-6-5-7-21(14-18)34-13-12-30-24-9-4-3-8-23(24)29-27(30)19-15-26(32)31(17-19)25-16-20(33-2)10-11-22(25)28/h3-11,14,16,19H,12-13,15,17H2,1-2H3/t19-/m0/s1. The zero-order valence-electron chi connectivity index (χ0n) is 19.2. The van der Waals surface area contributed by atoms with E-state index in [0.717, 1.165) is 28.2 Å². The molecule has 0 radical (unpaired) electrons. The number of imidazole rings is 1. The summed E-state index contributed by atoms with van der Waals surface area (Å²) in [5, 5.41) is 0.523. The number of carbonyl (C=O) groups excluding carboxylic acids is 1. The Kier molecular flexibility index (Phi) is 6.16. The lowest BCUT2D eigenvalue weighted by atomic mass is 10.1. The van der Waals surface area contributed by atoms with E-state index in [2.05, 4.69) is 10.6 Å². The number of rotatable bonds is 7. The van der Waals surface area contributed by atoms with Gasteiger partial charge in [0.25, 0.3) is 0 Å². The molecule has 1 saturated heterocycles. The van der Waals surface area contributed by atoms with E-state index in [-0.39, 0.29) is 11.8 Å². The Labute approximate surface area is 203 Å². The fraction of sp³-hybridized carbons (Fsp3) is 0.259. The molecule has 1 aromatic heterocycles. The Morgan fingerprint density at radius 3 is 2.74 bits per heavy atom. The normalized spacial score (nSPS) is 15.8. The summed E-state index contributed by atoms with van der Waals surface area (Å²) in [7, 11) is 1.60. The largest absolute Gasteiger partial charge is 0.497 e. The molecule has 1 atom stereocenters. The van der Waals surface area contributed by atoms with Gasteiger partial charge in [-0.15, -0.1) is 0 Å². The topological polar surface area (TPSA) is 56.6 Å². The minimum absolute atomic E-state index is 0.0229. The first-order chi connectivity index (χ1) is 16.5. The first kappa shape index (κ1) is 22.3. The maximum Gasteiger partial charge on any atom is 0.227 e. The average Bonchev–Trinajstić information content (AvgIpc) is 3.40. The van der Waals surface area contributed by atoms with Crippen molar-refractivity contribution in [3.8, 4) is 11.5 Å². The van der Waals surface area contributed by atoms with E-state index in [1.807, 2.05) is 49.4 Å². The van der Waals surface area contributed by atoms with Crippen molar-refractivity contribution in [2.45, 2.75) is 25.8 Å². The van der Waals surface area contributed by atoms with Gasteiger partial charge in [-0.25, -0.2) is 4.98 Å². The molecule has 1 amide bonds. The number of methoxy groups -OCH3 is 1. The molecule has 0 spiro atoms. The second-order valence-corrected chi connectivity index (χ2v) is 8.91. The van der Waals surface area contributed by atoms with Gasteiger partial charge in [0.1, 0.15) is 23.9 Å². The van der Waals surface area contributed by atoms with Crippen LogP contribution in [0.4, 0.5) is 5.69 Å². The molecule has 2 heterocycles. The predicted molar refractivity (Wildman–Crippen MR) is 134 cm³/mol. The zero-order valence-corrected chi connectivity index (χ0v) is 20.0. The van der Waals surface area contributed by atoms with Gasteiger partial charge in [0.15, 0.2) is 0 Å². The van der Waals surface area contributed by atoms with Crippen molar-refractivity contribution >= 4 is 34.2 Å². The van der Waals surface area contributed by atoms with Crippen LogP contribution in [0.5, 0.6) is 11.5 Å². The van der Waals surface area contributed by atoms with Crippen LogP contribution in [0.2, 0.25) is 5.02 Å². The van der Waals surface area contributed by atoms with Crippen LogP contribution in [0.15, 0.2) is 66.7 Å². The van der Waals surface area contributed by atoms with Crippen molar-refractivity contribution in [1.82, 2.24) is 9.55 Å². The Bertz CT molecular complexity index is 1350. The first-order valence-electron chi connectivity index (χ1n) is 11.3. The fourth-order valence-corrected chi connectivity index (χ4v) is 4.76. The van der Waals surface area contributed by atoms with E-state index in [9.17, 15) is 4.79 Å². The van der Waals surface area contributed by atoms with Gasteiger partial charge in [0.05, 0.1) is 35.4 Å². The molecule has 1 aliphatic heterocycles. The summed E-state index contributed by atoms with van der Waals surface area (Å²) in [6.07, 6.45) is 0.371. The van der Waals surface area contributed by atoms with Crippen LogP contribution in [-0.4, -0.2) is 35.7 Å². The van der Waals surface area contributed by atoms with Crippen molar-refractivity contribution in [2.75, 3.05) is 25.2 Å².